The fourth-order valence-corrected chi connectivity index (χ4v) is 4.86. The molecule has 0 fully saturated rings. The monoisotopic (exact) mass is 382 g/mol. The third-order valence-corrected chi connectivity index (χ3v) is 6.08. The number of ketones is 1. The highest BCUT2D eigenvalue weighted by atomic mass is 32.1. The Bertz CT molecular complexity index is 918. The summed E-state index contributed by atoms with van der Waals surface area (Å²) < 4.78 is 0. The molecule has 1 unspecified atom stereocenters. The predicted molar refractivity (Wildman–Crippen MR) is 109 cm³/mol. The maximum absolute atomic E-state index is 13.6. The lowest BCUT2D eigenvalue weighted by Gasteiger charge is -2.36. The molecule has 7 heteroatoms. The van der Waals surface area contributed by atoms with Crippen LogP contribution in [0.3, 0.4) is 0 Å². The second kappa shape index (κ2) is 7.75. The average molecular weight is 382 g/mol. The van der Waals surface area contributed by atoms with Crippen molar-refractivity contribution < 1.29 is 9.59 Å². The molecule has 6 nitrogen and oxygen atoms in total. The van der Waals surface area contributed by atoms with Crippen LogP contribution in [0.2, 0.25) is 0 Å². The smallest absolute Gasteiger partial charge is 0.251 e. The summed E-state index contributed by atoms with van der Waals surface area (Å²) in [4.78, 5) is 30.2. The second-order valence-electron chi connectivity index (χ2n) is 6.48. The maximum atomic E-state index is 13.6. The van der Waals surface area contributed by atoms with Gasteiger partial charge in [-0.05, 0) is 42.7 Å². The van der Waals surface area contributed by atoms with E-state index in [4.69, 9.17) is 17.2 Å². The van der Waals surface area contributed by atoms with E-state index in [0.717, 1.165) is 16.9 Å². The van der Waals surface area contributed by atoms with Crippen molar-refractivity contribution in [2.75, 3.05) is 12.3 Å². The fourth-order valence-electron chi connectivity index (χ4n) is 3.70. The molecule has 6 N–H and O–H groups in total. The van der Waals surface area contributed by atoms with Gasteiger partial charge in [0.05, 0.1) is 20.9 Å². The number of nitrogens with two attached hydrogens (primary N) is 3. The van der Waals surface area contributed by atoms with Gasteiger partial charge in [-0.25, -0.2) is 0 Å². The molecular weight excluding hydrogens is 360 g/mol. The van der Waals surface area contributed by atoms with Crippen LogP contribution < -0.4 is 17.2 Å². The number of rotatable bonds is 6. The minimum absolute atomic E-state index is 0.0104. The van der Waals surface area contributed by atoms with E-state index in [1.54, 1.807) is 12.3 Å². The number of nitrogen functional groups attached to an aromatic ring is 1. The number of allylic oxidation sites excluding steroid dienone is 1. The molecule has 1 aliphatic carbocycles. The Morgan fingerprint density at radius 1 is 1.30 bits per heavy atom. The third-order valence-electron chi connectivity index (χ3n) is 5.02. The predicted octanol–water partition coefficient (Wildman–Crippen LogP) is 2.43. The quantitative estimate of drug-likeness (QED) is 0.664. The standard InChI is InChI=1S/C20H22N4O2S/c21-10-4-11-24-12-9-20(13-5-2-1-3-6-13)8-7-14-15(18(22)26)19(23)27-16(14)17(20)25/h1-6,10-11H,7-9,12,21,23H2,(H2,22,26)/b10-4-,24-11?. The summed E-state index contributed by atoms with van der Waals surface area (Å²) in [5.41, 5.74) is 18.0. The van der Waals surface area contributed by atoms with Gasteiger partial charge in [0.2, 0.25) is 0 Å². The van der Waals surface area contributed by atoms with Gasteiger partial charge in [-0.1, -0.05) is 30.3 Å². The van der Waals surface area contributed by atoms with Gasteiger partial charge in [0, 0.05) is 12.8 Å². The van der Waals surface area contributed by atoms with Gasteiger partial charge < -0.3 is 17.2 Å². The van der Waals surface area contributed by atoms with Gasteiger partial charge in [-0.2, -0.15) is 0 Å². The van der Waals surface area contributed by atoms with Crippen LogP contribution in [-0.2, 0) is 11.8 Å². The zero-order valence-corrected chi connectivity index (χ0v) is 15.7. The normalized spacial score (nSPS) is 19.6. The first-order valence-corrected chi connectivity index (χ1v) is 9.51. The lowest BCUT2D eigenvalue weighted by molar-refractivity contribution is 0.0857. The van der Waals surface area contributed by atoms with Crippen LogP contribution in [0, 0.1) is 0 Å². The van der Waals surface area contributed by atoms with Crippen LogP contribution in [0.4, 0.5) is 5.00 Å². The van der Waals surface area contributed by atoms with Gasteiger partial charge >= 0.3 is 0 Å². The molecule has 0 aliphatic heterocycles. The summed E-state index contributed by atoms with van der Waals surface area (Å²) in [6, 6.07) is 9.72. The van der Waals surface area contributed by atoms with E-state index < -0.39 is 11.3 Å². The highest BCUT2D eigenvalue weighted by Gasteiger charge is 2.45. The first-order chi connectivity index (χ1) is 13.0. The van der Waals surface area contributed by atoms with Crippen molar-refractivity contribution in [1.82, 2.24) is 0 Å². The lowest BCUT2D eigenvalue weighted by atomic mass is 9.66. The fraction of sp³-hybridized carbons (Fsp3) is 0.250. The number of benzene rings is 1. The van der Waals surface area contributed by atoms with Crippen molar-refractivity contribution in [3.05, 3.63) is 64.2 Å². The molecular formula is C20H22N4O2S. The maximum Gasteiger partial charge on any atom is 0.251 e. The molecule has 0 bridgehead atoms. The number of thiophene rings is 1. The Morgan fingerprint density at radius 3 is 2.70 bits per heavy atom. The first-order valence-electron chi connectivity index (χ1n) is 8.69. The van der Waals surface area contributed by atoms with Crippen molar-refractivity contribution in [2.24, 2.45) is 16.5 Å². The summed E-state index contributed by atoms with van der Waals surface area (Å²) in [5.74, 6) is -0.591. The highest BCUT2D eigenvalue weighted by Crippen LogP contribution is 2.46. The van der Waals surface area contributed by atoms with Crippen LogP contribution in [-0.4, -0.2) is 24.4 Å². The van der Waals surface area contributed by atoms with Crippen LogP contribution in [0.5, 0.6) is 0 Å². The number of carbonyl (C=O) groups excluding carboxylic acids is 2. The Hall–Kier alpha value is -2.93. The summed E-state index contributed by atoms with van der Waals surface area (Å²) in [7, 11) is 0. The SMILES string of the molecule is N/C=C\C=NCCC1(c2ccccc2)CCc2c(sc(N)c2C(N)=O)C1=O. The number of fused-ring (bicyclic) bond motifs is 1. The van der Waals surface area contributed by atoms with E-state index in [9.17, 15) is 9.59 Å². The van der Waals surface area contributed by atoms with Crippen molar-refractivity contribution >= 4 is 34.2 Å². The summed E-state index contributed by atoms with van der Waals surface area (Å²) in [5, 5.41) is 0.316. The molecule has 2 aromatic rings. The van der Waals surface area contributed by atoms with Gasteiger partial charge in [0.1, 0.15) is 0 Å². The van der Waals surface area contributed by atoms with Crippen molar-refractivity contribution in [1.29, 1.82) is 0 Å². The number of carbonyl (C=O) groups is 2. The number of nitrogens with zero attached hydrogens (tertiary/aromatic N) is 1. The van der Waals surface area contributed by atoms with E-state index in [1.165, 1.54) is 6.20 Å². The second-order valence-corrected chi connectivity index (χ2v) is 7.53. The molecule has 1 heterocycles. The molecule has 140 valence electrons. The molecule has 1 atom stereocenters. The van der Waals surface area contributed by atoms with Crippen LogP contribution >= 0.6 is 11.3 Å². The van der Waals surface area contributed by atoms with Crippen LogP contribution in [0.25, 0.3) is 0 Å². The molecule has 1 aromatic carbocycles. The first kappa shape index (κ1) is 18.8. The molecule has 27 heavy (non-hydrogen) atoms. The van der Waals surface area contributed by atoms with E-state index in [1.807, 2.05) is 30.3 Å². The van der Waals surface area contributed by atoms with Crippen molar-refractivity contribution in [2.45, 2.75) is 24.7 Å². The molecule has 0 radical (unpaired) electrons. The number of primary amides is 1. The minimum atomic E-state index is -0.690. The van der Waals surface area contributed by atoms with Gasteiger partial charge in [0.15, 0.2) is 5.78 Å². The summed E-state index contributed by atoms with van der Waals surface area (Å²) in [6.07, 6.45) is 6.42. The topological polar surface area (TPSA) is 125 Å². The molecule has 1 amide bonds. The number of aliphatic imine (C=N–C) groups is 1. The Kier molecular flexibility index (Phi) is 5.41. The Morgan fingerprint density at radius 2 is 2.04 bits per heavy atom. The molecule has 0 saturated heterocycles. The zero-order chi connectivity index (χ0) is 19.4. The lowest BCUT2D eigenvalue weighted by Crippen LogP contribution is -2.40. The van der Waals surface area contributed by atoms with Gasteiger partial charge in [0.25, 0.3) is 5.91 Å². The third kappa shape index (κ3) is 3.38. The molecule has 0 spiro atoms. The number of Topliss-reactive ketones (excluding diaryl/α,β-unsaturated/α-hetero) is 1. The minimum Gasteiger partial charge on any atom is -0.405 e. The van der Waals surface area contributed by atoms with E-state index in [2.05, 4.69) is 4.99 Å². The molecule has 3 rings (SSSR count). The summed E-state index contributed by atoms with van der Waals surface area (Å²) >= 11 is 1.16. The van der Waals surface area contributed by atoms with E-state index >= 15 is 0 Å². The Balaban J connectivity index is 2.03. The molecule has 1 aliphatic rings. The van der Waals surface area contributed by atoms with E-state index in [-0.39, 0.29) is 5.78 Å². The number of hydrogen-bond acceptors (Lipinski definition) is 6. The summed E-state index contributed by atoms with van der Waals surface area (Å²) in [6.45, 7) is 0.490. The largest absolute Gasteiger partial charge is 0.405 e. The molecule has 0 saturated carbocycles. The van der Waals surface area contributed by atoms with Crippen LogP contribution in [0.1, 0.15) is 44.0 Å². The van der Waals surface area contributed by atoms with Gasteiger partial charge in [-0.15, -0.1) is 11.3 Å². The zero-order valence-electron chi connectivity index (χ0n) is 14.9. The number of anilines is 1. The van der Waals surface area contributed by atoms with Crippen molar-refractivity contribution in [3.8, 4) is 0 Å². The highest BCUT2D eigenvalue weighted by molar-refractivity contribution is 7.18. The van der Waals surface area contributed by atoms with Crippen LogP contribution in [0.15, 0.2) is 47.6 Å². The Labute approximate surface area is 161 Å². The average Bonchev–Trinajstić information content (AvgIpc) is 3.01. The van der Waals surface area contributed by atoms with E-state index in [0.29, 0.717) is 46.8 Å². The van der Waals surface area contributed by atoms with Crippen molar-refractivity contribution in [3.63, 3.8) is 0 Å². The molecule has 1 aromatic heterocycles. The number of hydrogen-bond donors (Lipinski definition) is 3. The van der Waals surface area contributed by atoms with Gasteiger partial charge in [-0.3, -0.25) is 14.6 Å². The number of amides is 1.